The number of hydrogen-bond acceptors (Lipinski definition) is 6. The summed E-state index contributed by atoms with van der Waals surface area (Å²) in [6.45, 7) is 5.87. The van der Waals surface area contributed by atoms with Crippen molar-refractivity contribution >= 4 is 23.4 Å². The summed E-state index contributed by atoms with van der Waals surface area (Å²) in [6.07, 6.45) is 0. The van der Waals surface area contributed by atoms with E-state index in [0.29, 0.717) is 17.8 Å². The van der Waals surface area contributed by atoms with E-state index in [9.17, 15) is 14.4 Å². The minimum atomic E-state index is -1.03. The van der Waals surface area contributed by atoms with Gasteiger partial charge in [-0.3, -0.25) is 24.5 Å². The predicted molar refractivity (Wildman–Crippen MR) is 119 cm³/mol. The zero-order valence-electron chi connectivity index (χ0n) is 17.7. The summed E-state index contributed by atoms with van der Waals surface area (Å²) in [5.41, 5.74) is 9.80. The Morgan fingerprint density at radius 3 is 2.00 bits per heavy atom. The summed E-state index contributed by atoms with van der Waals surface area (Å²) in [5.74, 6) is -1.31. The normalized spacial score (nSPS) is 11.6. The number of anilines is 1. The summed E-state index contributed by atoms with van der Waals surface area (Å²) in [5, 5.41) is 14.0. The zero-order chi connectivity index (χ0) is 22.8. The first-order valence-electron chi connectivity index (χ1n) is 10.1. The summed E-state index contributed by atoms with van der Waals surface area (Å²) >= 11 is 0. The maximum Gasteiger partial charge on any atom is 0.267 e. The molecule has 6 N–H and O–H groups in total. The van der Waals surface area contributed by atoms with Crippen molar-refractivity contribution in [3.63, 3.8) is 0 Å². The monoisotopic (exact) mass is 427 g/mol. The van der Waals surface area contributed by atoms with Crippen LogP contribution in [0.1, 0.15) is 24.2 Å². The molecule has 2 rings (SSSR count). The van der Waals surface area contributed by atoms with Crippen LogP contribution in [-0.2, 0) is 9.59 Å². The highest BCUT2D eigenvalue weighted by atomic mass is 16.5. The third-order valence-electron chi connectivity index (χ3n) is 4.88. The lowest BCUT2D eigenvalue weighted by molar-refractivity contribution is -0.130. The number of nitrogens with zero attached hydrogens (tertiary/aromatic N) is 1. The molecule has 0 saturated heterocycles. The van der Waals surface area contributed by atoms with Crippen molar-refractivity contribution in [3.8, 4) is 11.1 Å². The molecule has 3 amide bonds. The van der Waals surface area contributed by atoms with Gasteiger partial charge in [0.15, 0.2) is 0 Å². The van der Waals surface area contributed by atoms with Gasteiger partial charge in [-0.1, -0.05) is 38.1 Å². The molecule has 9 heteroatoms. The second-order valence-corrected chi connectivity index (χ2v) is 6.90. The van der Waals surface area contributed by atoms with E-state index in [1.807, 2.05) is 43.0 Å². The van der Waals surface area contributed by atoms with Crippen molar-refractivity contribution in [1.82, 2.24) is 15.7 Å². The SMILES string of the molecule is CCN(CC)CC(=O)Nc1ccc(-c2ccc(C(=O)N[C@@H](CN)C(=O)NO)cc2)cc1. The molecule has 2 aromatic carbocycles. The molecule has 9 nitrogen and oxygen atoms in total. The fourth-order valence-corrected chi connectivity index (χ4v) is 2.96. The molecule has 0 radical (unpaired) electrons. The Balaban J connectivity index is 2.00. The summed E-state index contributed by atoms with van der Waals surface area (Å²) in [6, 6.07) is 13.2. The van der Waals surface area contributed by atoms with Gasteiger partial charge in [-0.05, 0) is 48.5 Å². The first-order chi connectivity index (χ1) is 14.9. The minimum absolute atomic E-state index is 0.0579. The fraction of sp³-hybridized carbons (Fsp3) is 0.318. The van der Waals surface area contributed by atoms with E-state index in [0.717, 1.165) is 24.2 Å². The maximum absolute atomic E-state index is 12.3. The Bertz CT molecular complexity index is 880. The smallest absolute Gasteiger partial charge is 0.267 e. The zero-order valence-corrected chi connectivity index (χ0v) is 17.7. The van der Waals surface area contributed by atoms with E-state index in [1.165, 1.54) is 5.48 Å². The van der Waals surface area contributed by atoms with Crippen molar-refractivity contribution in [2.45, 2.75) is 19.9 Å². The lowest BCUT2D eigenvalue weighted by Crippen LogP contribution is -2.50. The molecular weight excluding hydrogens is 398 g/mol. The molecular formula is C22H29N5O4. The average Bonchev–Trinajstić information content (AvgIpc) is 2.80. The van der Waals surface area contributed by atoms with E-state index in [1.54, 1.807) is 24.3 Å². The number of amides is 3. The summed E-state index contributed by atoms with van der Waals surface area (Å²) < 4.78 is 0. The quantitative estimate of drug-likeness (QED) is 0.285. The Morgan fingerprint density at radius 1 is 0.968 bits per heavy atom. The standard InChI is InChI=1S/C22H29N5O4/c1-3-27(4-2)14-20(28)24-18-11-9-16(10-12-18)15-5-7-17(8-6-15)21(29)25-19(13-23)22(30)26-31/h5-12,19,31H,3-4,13-14,23H2,1-2H3,(H,24,28)(H,25,29)(H,26,30)/t19-/m0/s1. The van der Waals surface area contributed by atoms with Gasteiger partial charge in [0.25, 0.3) is 11.8 Å². The lowest BCUT2D eigenvalue weighted by atomic mass is 10.0. The second-order valence-electron chi connectivity index (χ2n) is 6.90. The van der Waals surface area contributed by atoms with Crippen LogP contribution >= 0.6 is 0 Å². The number of nitrogens with two attached hydrogens (primary N) is 1. The van der Waals surface area contributed by atoms with Gasteiger partial charge in [0.2, 0.25) is 5.91 Å². The number of hydroxylamine groups is 1. The molecule has 0 saturated carbocycles. The molecule has 31 heavy (non-hydrogen) atoms. The molecule has 166 valence electrons. The molecule has 0 aliphatic heterocycles. The van der Waals surface area contributed by atoms with Gasteiger partial charge >= 0.3 is 0 Å². The number of rotatable bonds is 10. The molecule has 0 bridgehead atoms. The highest BCUT2D eigenvalue weighted by molar-refractivity contribution is 5.98. The van der Waals surface area contributed by atoms with Gasteiger partial charge in [0.05, 0.1) is 6.54 Å². The molecule has 0 aliphatic rings. The number of benzene rings is 2. The molecule has 0 unspecified atom stereocenters. The Labute approximate surface area is 181 Å². The van der Waals surface area contributed by atoms with Crippen molar-refractivity contribution in [3.05, 3.63) is 54.1 Å². The molecule has 0 heterocycles. The van der Waals surface area contributed by atoms with Crippen molar-refractivity contribution in [1.29, 1.82) is 0 Å². The van der Waals surface area contributed by atoms with Crippen molar-refractivity contribution in [2.75, 3.05) is 31.5 Å². The minimum Gasteiger partial charge on any atom is -0.339 e. The number of nitrogens with one attached hydrogen (secondary N) is 3. The first kappa shape index (κ1) is 24.0. The van der Waals surface area contributed by atoms with Crippen LogP contribution < -0.4 is 21.8 Å². The fourth-order valence-electron chi connectivity index (χ4n) is 2.96. The van der Waals surface area contributed by atoms with Crippen molar-refractivity contribution in [2.24, 2.45) is 5.73 Å². The first-order valence-corrected chi connectivity index (χ1v) is 10.1. The number of carbonyl (C=O) groups is 3. The van der Waals surface area contributed by atoms with Gasteiger partial charge in [0, 0.05) is 17.8 Å². The second kappa shape index (κ2) is 11.8. The van der Waals surface area contributed by atoms with Crippen molar-refractivity contribution < 1.29 is 19.6 Å². The summed E-state index contributed by atoms with van der Waals surface area (Å²) in [4.78, 5) is 37.9. The molecule has 2 aromatic rings. The summed E-state index contributed by atoms with van der Waals surface area (Å²) in [7, 11) is 0. The van der Waals surface area contributed by atoms with Crippen LogP contribution in [0.15, 0.2) is 48.5 Å². The van der Waals surface area contributed by atoms with Crippen LogP contribution in [0.4, 0.5) is 5.69 Å². The third-order valence-corrected chi connectivity index (χ3v) is 4.88. The van der Waals surface area contributed by atoms with Crippen LogP contribution in [0.3, 0.4) is 0 Å². The highest BCUT2D eigenvalue weighted by Gasteiger charge is 2.19. The number of likely N-dealkylation sites (N-methyl/N-ethyl adjacent to an activating group) is 1. The van der Waals surface area contributed by atoms with E-state index in [2.05, 4.69) is 10.6 Å². The largest absolute Gasteiger partial charge is 0.339 e. The van der Waals surface area contributed by atoms with Gasteiger partial charge in [0.1, 0.15) is 6.04 Å². The molecule has 0 spiro atoms. The molecule has 0 aromatic heterocycles. The average molecular weight is 428 g/mol. The number of hydrogen-bond donors (Lipinski definition) is 5. The Kier molecular flexibility index (Phi) is 9.13. The van der Waals surface area contributed by atoms with E-state index in [-0.39, 0.29) is 12.5 Å². The van der Waals surface area contributed by atoms with Crippen LogP contribution in [0.5, 0.6) is 0 Å². The van der Waals surface area contributed by atoms with Crippen LogP contribution in [-0.4, -0.2) is 60.0 Å². The number of carbonyl (C=O) groups excluding carboxylic acids is 3. The topological polar surface area (TPSA) is 137 Å². The van der Waals surface area contributed by atoms with Crippen LogP contribution in [0.25, 0.3) is 11.1 Å². The lowest BCUT2D eigenvalue weighted by Gasteiger charge is -2.17. The van der Waals surface area contributed by atoms with Gasteiger partial charge < -0.3 is 16.4 Å². The Morgan fingerprint density at radius 2 is 1.52 bits per heavy atom. The molecule has 0 fully saturated rings. The van der Waals surface area contributed by atoms with Crippen LogP contribution in [0.2, 0.25) is 0 Å². The molecule has 1 atom stereocenters. The maximum atomic E-state index is 12.3. The van der Waals surface area contributed by atoms with E-state index >= 15 is 0 Å². The predicted octanol–water partition coefficient (Wildman–Crippen LogP) is 1.20. The highest BCUT2D eigenvalue weighted by Crippen LogP contribution is 2.22. The van der Waals surface area contributed by atoms with E-state index in [4.69, 9.17) is 10.9 Å². The van der Waals surface area contributed by atoms with Gasteiger partial charge in [-0.25, -0.2) is 5.48 Å². The van der Waals surface area contributed by atoms with E-state index < -0.39 is 17.9 Å². The third kappa shape index (κ3) is 6.88. The Hall–Kier alpha value is -3.27. The van der Waals surface area contributed by atoms with Gasteiger partial charge in [-0.15, -0.1) is 0 Å². The van der Waals surface area contributed by atoms with Crippen LogP contribution in [0, 0.1) is 0 Å². The molecule has 0 aliphatic carbocycles. The van der Waals surface area contributed by atoms with Gasteiger partial charge in [-0.2, -0.15) is 0 Å².